The van der Waals surface area contributed by atoms with Gasteiger partial charge < -0.3 is 14.7 Å². The molecule has 0 aliphatic heterocycles. The molecule has 0 radical (unpaired) electrons. The molecule has 1 atom stereocenters. The average Bonchev–Trinajstić information content (AvgIpc) is 1.98. The molecule has 0 rings (SSSR count). The fraction of sp³-hybridized carbons (Fsp3) is 0.700. The largest absolute Gasteiger partial charge is 0.511 e. The van der Waals surface area contributed by atoms with Gasteiger partial charge in [-0.1, -0.05) is 6.58 Å². The number of hydrogen-bond acceptors (Lipinski definition) is 3. The van der Waals surface area contributed by atoms with Crippen molar-refractivity contribution < 1.29 is 14.6 Å². The van der Waals surface area contributed by atoms with Gasteiger partial charge in [-0.05, 0) is 27.7 Å². The second-order valence-electron chi connectivity index (χ2n) is 4.26. The summed E-state index contributed by atoms with van der Waals surface area (Å²) >= 11 is 0. The van der Waals surface area contributed by atoms with Gasteiger partial charge in [-0.3, -0.25) is 0 Å². The monoisotopic (exact) mass is 201 g/mol. The lowest BCUT2D eigenvalue weighted by Crippen LogP contribution is -2.40. The van der Waals surface area contributed by atoms with E-state index in [2.05, 4.69) is 6.58 Å². The minimum Gasteiger partial charge on any atom is -0.511 e. The molecular formula is C10H19NO3. The standard InChI is InChI=1S/C10H19NO3/c1-7(8(2)12)11(6)9(13)14-10(3,4)5/h7,12H,2H2,1,3-6H3/t7-/m0/s1. The molecule has 0 aliphatic rings. The molecule has 4 nitrogen and oxygen atoms in total. The SMILES string of the molecule is C=C(O)[C@H](C)N(C)C(=O)OC(C)(C)C. The molecule has 14 heavy (non-hydrogen) atoms. The highest BCUT2D eigenvalue weighted by atomic mass is 16.6. The first-order valence-corrected chi connectivity index (χ1v) is 4.48. The second kappa shape index (κ2) is 4.35. The van der Waals surface area contributed by atoms with Gasteiger partial charge in [0.05, 0.1) is 6.04 Å². The molecule has 0 unspecified atom stereocenters. The van der Waals surface area contributed by atoms with Gasteiger partial charge in [0.25, 0.3) is 0 Å². The molecule has 0 spiro atoms. The molecule has 0 saturated carbocycles. The van der Waals surface area contributed by atoms with Gasteiger partial charge in [0.2, 0.25) is 0 Å². The van der Waals surface area contributed by atoms with Crippen molar-refractivity contribution in [3.63, 3.8) is 0 Å². The number of nitrogens with zero attached hydrogens (tertiary/aromatic N) is 1. The van der Waals surface area contributed by atoms with Crippen LogP contribution in [0.25, 0.3) is 0 Å². The van der Waals surface area contributed by atoms with Gasteiger partial charge in [-0.25, -0.2) is 4.79 Å². The molecule has 0 bridgehead atoms. The topological polar surface area (TPSA) is 49.8 Å². The van der Waals surface area contributed by atoms with E-state index in [0.717, 1.165) is 0 Å². The number of hydrogen-bond donors (Lipinski definition) is 1. The van der Waals surface area contributed by atoms with Crippen molar-refractivity contribution in [2.75, 3.05) is 7.05 Å². The number of aliphatic hydroxyl groups excluding tert-OH is 1. The first-order chi connectivity index (χ1) is 6.15. The van der Waals surface area contributed by atoms with Crippen LogP contribution in [0.3, 0.4) is 0 Å². The fourth-order valence-electron chi connectivity index (χ4n) is 0.716. The zero-order valence-corrected chi connectivity index (χ0v) is 9.50. The summed E-state index contributed by atoms with van der Waals surface area (Å²) in [5.74, 6) is -0.0571. The van der Waals surface area contributed by atoms with Crippen LogP contribution in [0, 0.1) is 0 Å². The van der Waals surface area contributed by atoms with Crippen LogP contribution in [0.4, 0.5) is 4.79 Å². The van der Waals surface area contributed by atoms with Crippen LogP contribution < -0.4 is 0 Å². The van der Waals surface area contributed by atoms with Crippen LogP contribution in [-0.2, 0) is 4.74 Å². The Hall–Kier alpha value is -1.19. The van der Waals surface area contributed by atoms with E-state index >= 15 is 0 Å². The summed E-state index contributed by atoms with van der Waals surface area (Å²) in [6.07, 6.45) is -0.472. The van der Waals surface area contributed by atoms with Crippen LogP contribution in [0.1, 0.15) is 27.7 Å². The molecule has 1 amide bonds. The molecule has 0 saturated heterocycles. The van der Waals surface area contributed by atoms with Crippen molar-refractivity contribution in [3.8, 4) is 0 Å². The third-order valence-corrected chi connectivity index (χ3v) is 1.74. The van der Waals surface area contributed by atoms with Gasteiger partial charge in [0.1, 0.15) is 11.4 Å². The summed E-state index contributed by atoms with van der Waals surface area (Å²) in [6, 6.07) is -0.440. The lowest BCUT2D eigenvalue weighted by atomic mass is 10.2. The molecule has 0 heterocycles. The van der Waals surface area contributed by atoms with E-state index in [1.54, 1.807) is 34.7 Å². The lowest BCUT2D eigenvalue weighted by Gasteiger charge is -2.28. The van der Waals surface area contributed by atoms with E-state index in [-0.39, 0.29) is 5.76 Å². The molecule has 4 heteroatoms. The Balaban J connectivity index is 4.33. The Morgan fingerprint density at radius 1 is 1.50 bits per heavy atom. The minimum atomic E-state index is -0.526. The van der Waals surface area contributed by atoms with Crippen LogP contribution in [-0.4, -0.2) is 34.8 Å². The second-order valence-corrected chi connectivity index (χ2v) is 4.26. The van der Waals surface area contributed by atoms with Crippen molar-refractivity contribution in [2.24, 2.45) is 0 Å². The molecule has 82 valence electrons. The van der Waals surface area contributed by atoms with Crippen LogP contribution in [0.5, 0.6) is 0 Å². The normalized spacial score (nSPS) is 13.2. The van der Waals surface area contributed by atoms with Crippen molar-refractivity contribution >= 4 is 6.09 Å². The summed E-state index contributed by atoms with van der Waals surface area (Å²) in [6.45, 7) is 10.4. The Labute approximate surface area is 85.2 Å². The number of ether oxygens (including phenoxy) is 1. The quantitative estimate of drug-likeness (QED) is 0.697. The molecule has 0 fully saturated rings. The third kappa shape index (κ3) is 4.16. The average molecular weight is 201 g/mol. The van der Waals surface area contributed by atoms with E-state index < -0.39 is 17.7 Å². The molecule has 0 aromatic rings. The number of amides is 1. The Morgan fingerprint density at radius 3 is 2.21 bits per heavy atom. The van der Waals surface area contributed by atoms with Gasteiger partial charge >= 0.3 is 6.09 Å². The number of carbonyl (C=O) groups is 1. The highest BCUT2D eigenvalue weighted by molar-refractivity contribution is 5.68. The molecular weight excluding hydrogens is 182 g/mol. The maximum atomic E-state index is 11.5. The van der Waals surface area contributed by atoms with E-state index in [1.807, 2.05) is 0 Å². The summed E-state index contributed by atoms with van der Waals surface area (Å²) in [5.41, 5.74) is -0.526. The third-order valence-electron chi connectivity index (χ3n) is 1.74. The maximum absolute atomic E-state index is 11.5. The number of rotatable bonds is 2. The predicted octanol–water partition coefficient (Wildman–Crippen LogP) is 2.31. The van der Waals surface area contributed by atoms with E-state index in [9.17, 15) is 4.79 Å². The summed E-state index contributed by atoms with van der Waals surface area (Å²) in [7, 11) is 1.56. The van der Waals surface area contributed by atoms with Crippen molar-refractivity contribution in [1.29, 1.82) is 0 Å². The predicted molar refractivity (Wildman–Crippen MR) is 55.2 cm³/mol. The number of aliphatic hydroxyl groups is 1. The van der Waals surface area contributed by atoms with Gasteiger partial charge in [-0.15, -0.1) is 0 Å². The fourth-order valence-corrected chi connectivity index (χ4v) is 0.716. The molecule has 0 aromatic heterocycles. The Bertz CT molecular complexity index is 230. The van der Waals surface area contributed by atoms with Crippen LogP contribution in [0.15, 0.2) is 12.3 Å². The first kappa shape index (κ1) is 12.8. The first-order valence-electron chi connectivity index (χ1n) is 4.48. The maximum Gasteiger partial charge on any atom is 0.410 e. The molecule has 0 aromatic carbocycles. The molecule has 1 N–H and O–H groups in total. The summed E-state index contributed by atoms with van der Waals surface area (Å²) in [5, 5.41) is 9.09. The van der Waals surface area contributed by atoms with Crippen LogP contribution >= 0.6 is 0 Å². The van der Waals surface area contributed by atoms with Gasteiger partial charge in [0, 0.05) is 7.05 Å². The zero-order valence-electron chi connectivity index (χ0n) is 9.50. The van der Waals surface area contributed by atoms with Crippen molar-refractivity contribution in [1.82, 2.24) is 4.90 Å². The van der Waals surface area contributed by atoms with Crippen molar-refractivity contribution in [3.05, 3.63) is 12.3 Å². The number of likely N-dealkylation sites (N-methyl/N-ethyl adjacent to an activating group) is 1. The summed E-state index contributed by atoms with van der Waals surface area (Å²) in [4.78, 5) is 12.8. The van der Waals surface area contributed by atoms with Crippen LogP contribution in [0.2, 0.25) is 0 Å². The zero-order chi connectivity index (χ0) is 11.5. The molecule has 0 aliphatic carbocycles. The minimum absolute atomic E-state index is 0.0571. The lowest BCUT2D eigenvalue weighted by molar-refractivity contribution is 0.0232. The highest BCUT2D eigenvalue weighted by Gasteiger charge is 2.23. The van der Waals surface area contributed by atoms with E-state index in [0.29, 0.717) is 0 Å². The summed E-state index contributed by atoms with van der Waals surface area (Å²) < 4.78 is 5.11. The van der Waals surface area contributed by atoms with Gasteiger partial charge in [0.15, 0.2) is 0 Å². The Kier molecular flexibility index (Phi) is 3.98. The van der Waals surface area contributed by atoms with E-state index in [4.69, 9.17) is 9.84 Å². The smallest absolute Gasteiger partial charge is 0.410 e. The van der Waals surface area contributed by atoms with Gasteiger partial charge in [-0.2, -0.15) is 0 Å². The highest BCUT2D eigenvalue weighted by Crippen LogP contribution is 2.12. The van der Waals surface area contributed by atoms with E-state index in [1.165, 1.54) is 4.90 Å². The van der Waals surface area contributed by atoms with Crippen molar-refractivity contribution in [2.45, 2.75) is 39.3 Å². The Morgan fingerprint density at radius 2 is 1.93 bits per heavy atom. The number of carbonyl (C=O) groups excluding carboxylic acids is 1.